The monoisotopic (exact) mass is 507 g/mol. The number of rotatable bonds is 8. The van der Waals surface area contributed by atoms with Gasteiger partial charge in [0.05, 0.1) is 6.61 Å². The van der Waals surface area contributed by atoms with Crippen LogP contribution in [0.15, 0.2) is 60.9 Å². The Morgan fingerprint density at radius 2 is 1.73 bits per heavy atom. The van der Waals surface area contributed by atoms with Crippen LogP contribution in [0.5, 0.6) is 0 Å². The molecule has 1 unspecified atom stereocenters. The molecule has 5 nitrogen and oxygen atoms in total. The lowest BCUT2D eigenvalue weighted by Gasteiger charge is -2.39. The molecule has 5 rings (SSSR count). The van der Waals surface area contributed by atoms with Crippen LogP contribution in [0.25, 0.3) is 10.9 Å². The number of nitrogens with one attached hydrogen (secondary N) is 1. The number of allylic oxidation sites excluding steroid dienone is 1. The van der Waals surface area contributed by atoms with Gasteiger partial charge in [-0.15, -0.1) is 0 Å². The number of hydrogen-bond donors (Lipinski definition) is 2. The number of piperidine rings is 2. The van der Waals surface area contributed by atoms with Crippen LogP contribution in [0.1, 0.15) is 53.9 Å². The molecule has 2 fully saturated rings. The van der Waals surface area contributed by atoms with Gasteiger partial charge in [0, 0.05) is 60.1 Å². The zero-order valence-corrected chi connectivity index (χ0v) is 21.1. The number of hydrogen-bond acceptors (Lipinski definition) is 4. The van der Waals surface area contributed by atoms with E-state index in [9.17, 15) is 18.7 Å². The number of fused-ring (bicyclic) bond motifs is 1. The second-order valence-corrected chi connectivity index (χ2v) is 10.5. The van der Waals surface area contributed by atoms with Gasteiger partial charge in [-0.2, -0.15) is 0 Å². The fourth-order valence-electron chi connectivity index (χ4n) is 6.03. The number of benzene rings is 2. The van der Waals surface area contributed by atoms with Crippen LogP contribution in [-0.4, -0.2) is 64.5 Å². The first kappa shape index (κ1) is 25.6. The SMILES string of the molecule is O=C(C=CN1CCC(CC(CO)N2CCC(c3c[nH]c4ccccc34)CC2)CC1)c1cc(F)cc(F)c1. The van der Waals surface area contributed by atoms with Crippen molar-refractivity contribution in [1.82, 2.24) is 14.8 Å². The zero-order chi connectivity index (χ0) is 25.8. The van der Waals surface area contributed by atoms with Crippen LogP contribution in [0.2, 0.25) is 0 Å². The van der Waals surface area contributed by atoms with Crippen LogP contribution in [-0.2, 0) is 0 Å². The summed E-state index contributed by atoms with van der Waals surface area (Å²) in [6, 6.07) is 11.5. The van der Waals surface area contributed by atoms with E-state index in [4.69, 9.17) is 0 Å². The molecule has 2 N–H and O–H groups in total. The van der Waals surface area contributed by atoms with Gasteiger partial charge in [0.2, 0.25) is 0 Å². The molecule has 1 atom stereocenters. The minimum Gasteiger partial charge on any atom is -0.395 e. The molecular weight excluding hydrogens is 472 g/mol. The fraction of sp³-hybridized carbons (Fsp3) is 0.433. The van der Waals surface area contributed by atoms with Crippen LogP contribution < -0.4 is 0 Å². The molecule has 2 aromatic carbocycles. The number of aliphatic hydroxyl groups excluding tert-OH is 1. The summed E-state index contributed by atoms with van der Waals surface area (Å²) < 4.78 is 26.8. The number of likely N-dealkylation sites (tertiary alicyclic amines) is 2. The maximum atomic E-state index is 13.4. The first-order valence-corrected chi connectivity index (χ1v) is 13.3. The van der Waals surface area contributed by atoms with Gasteiger partial charge >= 0.3 is 0 Å². The summed E-state index contributed by atoms with van der Waals surface area (Å²) in [6.07, 6.45) is 10.5. The molecule has 0 saturated carbocycles. The molecule has 0 radical (unpaired) electrons. The molecule has 0 aliphatic carbocycles. The van der Waals surface area contributed by atoms with Crippen molar-refractivity contribution >= 4 is 16.7 Å². The first-order chi connectivity index (χ1) is 18.0. The predicted molar refractivity (Wildman–Crippen MR) is 141 cm³/mol. The van der Waals surface area contributed by atoms with Gasteiger partial charge < -0.3 is 15.0 Å². The minimum absolute atomic E-state index is 0.0166. The van der Waals surface area contributed by atoms with Gasteiger partial charge in [-0.25, -0.2) is 8.78 Å². The summed E-state index contributed by atoms with van der Waals surface area (Å²) in [5, 5.41) is 11.5. The summed E-state index contributed by atoms with van der Waals surface area (Å²) in [5.41, 5.74) is 2.63. The van der Waals surface area contributed by atoms with E-state index in [0.717, 1.165) is 76.5 Å². The molecular formula is C30H35F2N3O2. The van der Waals surface area contributed by atoms with E-state index in [1.54, 1.807) is 6.20 Å². The topological polar surface area (TPSA) is 59.6 Å². The van der Waals surface area contributed by atoms with Crippen molar-refractivity contribution in [3.05, 3.63) is 83.7 Å². The number of carbonyl (C=O) groups is 1. The Labute approximate surface area is 216 Å². The lowest BCUT2D eigenvalue weighted by atomic mass is 9.86. The predicted octanol–water partition coefficient (Wildman–Crippen LogP) is 5.49. The number of carbonyl (C=O) groups excluding carboxylic acids is 1. The van der Waals surface area contributed by atoms with E-state index < -0.39 is 17.4 Å². The van der Waals surface area contributed by atoms with Crippen molar-refractivity contribution in [1.29, 1.82) is 0 Å². The lowest BCUT2D eigenvalue weighted by molar-refractivity contribution is 0.0724. The van der Waals surface area contributed by atoms with Gasteiger partial charge in [-0.05, 0) is 80.8 Å². The average molecular weight is 508 g/mol. The van der Waals surface area contributed by atoms with E-state index in [-0.39, 0.29) is 18.2 Å². The smallest absolute Gasteiger partial charge is 0.187 e. The summed E-state index contributed by atoms with van der Waals surface area (Å²) in [7, 11) is 0. The third-order valence-electron chi connectivity index (χ3n) is 8.16. The Morgan fingerprint density at radius 3 is 2.43 bits per heavy atom. The third-order valence-corrected chi connectivity index (χ3v) is 8.16. The Morgan fingerprint density at radius 1 is 1.03 bits per heavy atom. The van der Waals surface area contributed by atoms with Crippen LogP contribution in [0.4, 0.5) is 8.78 Å². The summed E-state index contributed by atoms with van der Waals surface area (Å²) in [6.45, 7) is 3.83. The highest BCUT2D eigenvalue weighted by atomic mass is 19.1. The molecule has 0 bridgehead atoms. The van der Waals surface area contributed by atoms with E-state index in [1.807, 2.05) is 0 Å². The summed E-state index contributed by atoms with van der Waals surface area (Å²) >= 11 is 0. The van der Waals surface area contributed by atoms with Gasteiger partial charge in [0.25, 0.3) is 0 Å². The first-order valence-electron chi connectivity index (χ1n) is 13.3. The average Bonchev–Trinajstić information content (AvgIpc) is 3.35. The number of halogens is 2. The lowest BCUT2D eigenvalue weighted by Crippen LogP contribution is -2.44. The van der Waals surface area contributed by atoms with Crippen LogP contribution in [0.3, 0.4) is 0 Å². The molecule has 1 aromatic heterocycles. The molecule has 3 aromatic rings. The molecule has 196 valence electrons. The highest BCUT2D eigenvalue weighted by molar-refractivity contribution is 6.04. The fourth-order valence-corrected chi connectivity index (χ4v) is 6.03. The number of aliphatic hydroxyl groups is 1. The number of H-pyrrole nitrogens is 1. The van der Waals surface area contributed by atoms with Gasteiger partial charge in [-0.3, -0.25) is 9.69 Å². The molecule has 3 heterocycles. The van der Waals surface area contributed by atoms with Crippen molar-refractivity contribution in [2.75, 3.05) is 32.8 Å². The molecule has 0 spiro atoms. The van der Waals surface area contributed by atoms with Crippen molar-refractivity contribution in [3.63, 3.8) is 0 Å². The second-order valence-electron chi connectivity index (χ2n) is 10.5. The van der Waals surface area contributed by atoms with Crippen molar-refractivity contribution in [2.45, 2.75) is 44.1 Å². The molecule has 2 aliphatic rings. The number of aromatic amines is 1. The Hall–Kier alpha value is -3.03. The number of para-hydroxylation sites is 1. The molecule has 2 saturated heterocycles. The summed E-state index contributed by atoms with van der Waals surface area (Å²) in [5.74, 6) is -0.831. The number of nitrogens with zero attached hydrogens (tertiary/aromatic N) is 2. The molecule has 7 heteroatoms. The van der Waals surface area contributed by atoms with Gasteiger partial charge in [0.15, 0.2) is 5.78 Å². The molecule has 2 aliphatic heterocycles. The maximum absolute atomic E-state index is 13.4. The van der Waals surface area contributed by atoms with E-state index in [0.29, 0.717) is 11.8 Å². The maximum Gasteiger partial charge on any atom is 0.187 e. The second kappa shape index (κ2) is 11.6. The van der Waals surface area contributed by atoms with Crippen LogP contribution >= 0.6 is 0 Å². The van der Waals surface area contributed by atoms with Gasteiger partial charge in [0.1, 0.15) is 11.6 Å². The standard InChI is InChI=1S/C30H35F2N3O2/c31-24-16-23(17-25(32)18-24)30(37)9-12-34-10-5-21(6-11-34)15-26(20-36)35-13-7-22(8-14-35)28-19-33-29-4-2-1-3-27(28)29/h1-4,9,12,16-19,21-22,26,33,36H,5-8,10-11,13-15,20H2. The summed E-state index contributed by atoms with van der Waals surface area (Å²) in [4.78, 5) is 20.3. The Kier molecular flexibility index (Phi) is 8.01. The molecule has 0 amide bonds. The largest absolute Gasteiger partial charge is 0.395 e. The number of ketones is 1. The minimum atomic E-state index is -0.752. The Balaban J connectivity index is 1.09. The molecule has 37 heavy (non-hydrogen) atoms. The highest BCUT2D eigenvalue weighted by Gasteiger charge is 2.29. The van der Waals surface area contributed by atoms with E-state index in [1.165, 1.54) is 22.5 Å². The normalized spacial score (nSPS) is 19.2. The Bertz CT molecular complexity index is 1220. The van der Waals surface area contributed by atoms with E-state index >= 15 is 0 Å². The van der Waals surface area contributed by atoms with Crippen molar-refractivity contribution in [2.24, 2.45) is 5.92 Å². The highest BCUT2D eigenvalue weighted by Crippen LogP contribution is 2.34. The number of aromatic nitrogens is 1. The zero-order valence-electron chi connectivity index (χ0n) is 21.1. The van der Waals surface area contributed by atoms with Crippen molar-refractivity contribution in [3.8, 4) is 0 Å². The quantitative estimate of drug-likeness (QED) is 0.313. The van der Waals surface area contributed by atoms with E-state index in [2.05, 4.69) is 45.2 Å². The van der Waals surface area contributed by atoms with Crippen molar-refractivity contribution < 1.29 is 18.7 Å². The van der Waals surface area contributed by atoms with Crippen LogP contribution in [0, 0.1) is 17.6 Å². The van der Waals surface area contributed by atoms with Gasteiger partial charge in [-0.1, -0.05) is 18.2 Å². The third kappa shape index (κ3) is 6.11.